The van der Waals surface area contributed by atoms with Gasteiger partial charge >= 0.3 is 0 Å². The zero-order valence-electron chi connectivity index (χ0n) is 12.6. The van der Waals surface area contributed by atoms with Gasteiger partial charge in [0, 0.05) is 36.2 Å². The van der Waals surface area contributed by atoms with Crippen LogP contribution in [0.25, 0.3) is 0 Å². The molecule has 1 amide bonds. The Balaban J connectivity index is 1.52. The van der Waals surface area contributed by atoms with E-state index in [0.29, 0.717) is 12.1 Å². The first-order valence-electron chi connectivity index (χ1n) is 8.02. The van der Waals surface area contributed by atoms with Crippen LogP contribution in [0.15, 0.2) is 35.8 Å². The molecule has 2 bridgehead atoms. The highest BCUT2D eigenvalue weighted by Crippen LogP contribution is 2.22. The maximum Gasteiger partial charge on any atom is 0.270 e. The van der Waals surface area contributed by atoms with E-state index >= 15 is 0 Å². The molecule has 0 spiro atoms. The third-order valence-corrected chi connectivity index (χ3v) is 5.63. The van der Waals surface area contributed by atoms with Crippen LogP contribution in [-0.4, -0.2) is 40.5 Å². The highest BCUT2D eigenvalue weighted by Gasteiger charge is 2.32. The predicted molar refractivity (Wildman–Crippen MR) is 88.3 cm³/mol. The molecule has 2 fully saturated rings. The molecule has 4 heterocycles. The van der Waals surface area contributed by atoms with Gasteiger partial charge in [0.05, 0.1) is 6.54 Å². The van der Waals surface area contributed by atoms with Crippen molar-refractivity contribution in [1.29, 1.82) is 0 Å². The Bertz CT molecular complexity index is 649. The molecule has 22 heavy (non-hydrogen) atoms. The Kier molecular flexibility index (Phi) is 3.76. The SMILES string of the molecule is O=C(c1cccn1Cc1cccs1)N1CCC2CCC(C1)N2. The van der Waals surface area contributed by atoms with Gasteiger partial charge in [0.2, 0.25) is 0 Å². The minimum Gasteiger partial charge on any atom is -0.338 e. The summed E-state index contributed by atoms with van der Waals surface area (Å²) in [4.78, 5) is 16.2. The molecular weight excluding hydrogens is 294 g/mol. The van der Waals surface area contributed by atoms with E-state index in [4.69, 9.17) is 0 Å². The molecule has 116 valence electrons. The second-order valence-electron chi connectivity index (χ2n) is 6.28. The van der Waals surface area contributed by atoms with E-state index in [1.807, 2.05) is 23.2 Å². The Labute approximate surface area is 134 Å². The normalized spacial score (nSPS) is 24.5. The Morgan fingerprint density at radius 2 is 2.14 bits per heavy atom. The molecule has 2 aromatic rings. The molecule has 0 aromatic carbocycles. The van der Waals surface area contributed by atoms with Crippen molar-refractivity contribution < 1.29 is 4.79 Å². The van der Waals surface area contributed by atoms with Crippen molar-refractivity contribution in [2.75, 3.05) is 13.1 Å². The number of likely N-dealkylation sites (tertiary alicyclic amines) is 1. The quantitative estimate of drug-likeness (QED) is 0.945. The topological polar surface area (TPSA) is 37.3 Å². The summed E-state index contributed by atoms with van der Waals surface area (Å²) in [7, 11) is 0. The van der Waals surface area contributed by atoms with E-state index in [9.17, 15) is 4.79 Å². The highest BCUT2D eigenvalue weighted by molar-refractivity contribution is 7.09. The monoisotopic (exact) mass is 315 g/mol. The van der Waals surface area contributed by atoms with Gasteiger partial charge in [-0.15, -0.1) is 11.3 Å². The average Bonchev–Trinajstić information content (AvgIpc) is 3.21. The van der Waals surface area contributed by atoms with Crippen molar-refractivity contribution in [1.82, 2.24) is 14.8 Å². The fourth-order valence-electron chi connectivity index (χ4n) is 3.61. The van der Waals surface area contributed by atoms with E-state index < -0.39 is 0 Å². The summed E-state index contributed by atoms with van der Waals surface area (Å²) in [6.07, 6.45) is 5.55. The first kappa shape index (κ1) is 14.0. The maximum absolute atomic E-state index is 12.9. The first-order chi connectivity index (χ1) is 10.8. The zero-order chi connectivity index (χ0) is 14.9. The lowest BCUT2D eigenvalue weighted by Crippen LogP contribution is -2.39. The molecule has 0 radical (unpaired) electrons. The van der Waals surface area contributed by atoms with Gasteiger partial charge in [0.15, 0.2) is 0 Å². The molecule has 5 heteroatoms. The zero-order valence-corrected chi connectivity index (χ0v) is 13.4. The number of amides is 1. The summed E-state index contributed by atoms with van der Waals surface area (Å²) in [5.74, 6) is 0.177. The molecule has 0 aliphatic carbocycles. The standard InChI is InChI=1S/C17H21N3OS/c21-17(20-9-7-13-5-6-14(11-20)18-13)16-4-1-8-19(16)12-15-3-2-10-22-15/h1-4,8,10,13-14,18H,5-7,9,11-12H2. The number of thiophene rings is 1. The van der Waals surface area contributed by atoms with Crippen molar-refractivity contribution >= 4 is 17.2 Å². The summed E-state index contributed by atoms with van der Waals surface area (Å²) in [5.41, 5.74) is 0.811. The number of rotatable bonds is 3. The number of carbonyl (C=O) groups excluding carboxylic acids is 1. The van der Waals surface area contributed by atoms with Crippen LogP contribution in [0.3, 0.4) is 0 Å². The number of carbonyl (C=O) groups is 1. The Morgan fingerprint density at radius 1 is 1.23 bits per heavy atom. The summed E-state index contributed by atoms with van der Waals surface area (Å²) < 4.78 is 2.07. The average molecular weight is 315 g/mol. The molecule has 2 aromatic heterocycles. The number of aromatic nitrogens is 1. The number of hydrogen-bond donors (Lipinski definition) is 1. The van der Waals surface area contributed by atoms with E-state index in [1.165, 1.54) is 17.7 Å². The van der Waals surface area contributed by atoms with Gasteiger partial charge in [0.25, 0.3) is 5.91 Å². The van der Waals surface area contributed by atoms with Crippen molar-refractivity contribution in [2.24, 2.45) is 0 Å². The lowest BCUT2D eigenvalue weighted by atomic mass is 10.1. The Hall–Kier alpha value is -1.59. The van der Waals surface area contributed by atoms with Crippen LogP contribution in [-0.2, 0) is 6.54 Å². The fraction of sp³-hybridized carbons (Fsp3) is 0.471. The molecule has 2 unspecified atom stereocenters. The van der Waals surface area contributed by atoms with E-state index in [2.05, 4.69) is 27.4 Å². The number of nitrogens with one attached hydrogen (secondary N) is 1. The van der Waals surface area contributed by atoms with Crippen LogP contribution in [0.5, 0.6) is 0 Å². The van der Waals surface area contributed by atoms with Gasteiger partial charge in [-0.05, 0) is 42.8 Å². The van der Waals surface area contributed by atoms with Crippen molar-refractivity contribution in [3.8, 4) is 0 Å². The van der Waals surface area contributed by atoms with E-state index in [0.717, 1.165) is 31.7 Å². The van der Waals surface area contributed by atoms with Crippen LogP contribution in [0.2, 0.25) is 0 Å². The van der Waals surface area contributed by atoms with Crippen LogP contribution >= 0.6 is 11.3 Å². The largest absolute Gasteiger partial charge is 0.338 e. The predicted octanol–water partition coefficient (Wildman–Crippen LogP) is 2.56. The van der Waals surface area contributed by atoms with Crippen LogP contribution < -0.4 is 5.32 Å². The minimum absolute atomic E-state index is 0.177. The summed E-state index contributed by atoms with van der Waals surface area (Å²) in [6, 6.07) is 9.20. The van der Waals surface area contributed by atoms with Crippen molar-refractivity contribution in [2.45, 2.75) is 37.9 Å². The summed E-state index contributed by atoms with van der Waals surface area (Å²) in [6.45, 7) is 2.50. The second kappa shape index (κ2) is 5.89. The van der Waals surface area contributed by atoms with Crippen LogP contribution in [0.4, 0.5) is 0 Å². The molecule has 0 saturated carbocycles. The molecule has 2 aliphatic rings. The second-order valence-corrected chi connectivity index (χ2v) is 7.31. The van der Waals surface area contributed by atoms with E-state index in [-0.39, 0.29) is 5.91 Å². The van der Waals surface area contributed by atoms with Gasteiger partial charge in [-0.3, -0.25) is 4.79 Å². The van der Waals surface area contributed by atoms with Gasteiger partial charge in [0.1, 0.15) is 5.69 Å². The molecule has 1 N–H and O–H groups in total. The van der Waals surface area contributed by atoms with Crippen molar-refractivity contribution in [3.63, 3.8) is 0 Å². The fourth-order valence-corrected chi connectivity index (χ4v) is 4.31. The smallest absolute Gasteiger partial charge is 0.270 e. The molecule has 2 aliphatic heterocycles. The maximum atomic E-state index is 12.9. The Morgan fingerprint density at radius 3 is 3.00 bits per heavy atom. The third kappa shape index (κ3) is 2.71. The van der Waals surface area contributed by atoms with E-state index in [1.54, 1.807) is 11.3 Å². The van der Waals surface area contributed by atoms with Crippen molar-refractivity contribution in [3.05, 3.63) is 46.4 Å². The first-order valence-corrected chi connectivity index (χ1v) is 8.90. The van der Waals surface area contributed by atoms with Gasteiger partial charge in [-0.2, -0.15) is 0 Å². The number of nitrogens with zero attached hydrogens (tertiary/aromatic N) is 2. The lowest BCUT2D eigenvalue weighted by Gasteiger charge is -2.24. The van der Waals surface area contributed by atoms with Crippen LogP contribution in [0.1, 0.15) is 34.6 Å². The summed E-state index contributed by atoms with van der Waals surface area (Å²) >= 11 is 1.73. The van der Waals surface area contributed by atoms with Gasteiger partial charge in [-0.25, -0.2) is 0 Å². The van der Waals surface area contributed by atoms with Gasteiger partial charge in [-0.1, -0.05) is 6.07 Å². The lowest BCUT2D eigenvalue weighted by molar-refractivity contribution is 0.0738. The minimum atomic E-state index is 0.177. The molecule has 4 nitrogen and oxygen atoms in total. The third-order valence-electron chi connectivity index (χ3n) is 4.77. The number of fused-ring (bicyclic) bond motifs is 2. The number of hydrogen-bond acceptors (Lipinski definition) is 3. The molecule has 4 rings (SSSR count). The highest BCUT2D eigenvalue weighted by atomic mass is 32.1. The molecule has 2 saturated heterocycles. The summed E-state index contributed by atoms with van der Waals surface area (Å²) in [5, 5.41) is 5.72. The van der Waals surface area contributed by atoms with Gasteiger partial charge < -0.3 is 14.8 Å². The van der Waals surface area contributed by atoms with Crippen LogP contribution in [0, 0.1) is 0 Å². The molecular formula is C17H21N3OS. The molecule has 2 atom stereocenters.